The third-order valence-corrected chi connectivity index (χ3v) is 4.74. The van der Waals surface area contributed by atoms with Gasteiger partial charge in [-0.15, -0.1) is 0 Å². The average Bonchev–Trinajstić information content (AvgIpc) is 3.10. The average molecular weight is 382 g/mol. The van der Waals surface area contributed by atoms with Crippen molar-refractivity contribution in [3.63, 3.8) is 0 Å². The predicted octanol–water partition coefficient (Wildman–Crippen LogP) is 4.09. The summed E-state index contributed by atoms with van der Waals surface area (Å²) in [6.07, 6.45) is 3.43. The number of carbonyl (C=O) groups excluding carboxylic acids is 1. The number of nitriles is 1. The molecule has 1 aromatic heterocycles. The van der Waals surface area contributed by atoms with Crippen LogP contribution in [0.25, 0.3) is 21.7 Å². The van der Waals surface area contributed by atoms with Crippen LogP contribution < -0.4 is 10.2 Å². The number of hydrogen-bond donors (Lipinski definition) is 1. The van der Waals surface area contributed by atoms with Crippen molar-refractivity contribution in [1.82, 2.24) is 9.99 Å². The summed E-state index contributed by atoms with van der Waals surface area (Å²) >= 11 is 0. The lowest BCUT2D eigenvalue weighted by atomic mass is 10.1. The van der Waals surface area contributed by atoms with E-state index in [1.54, 1.807) is 12.3 Å². The van der Waals surface area contributed by atoms with Gasteiger partial charge in [0.2, 0.25) is 0 Å². The zero-order chi connectivity index (χ0) is 20.2. The number of hydrazone groups is 1. The van der Waals surface area contributed by atoms with Crippen molar-refractivity contribution >= 4 is 33.8 Å². The summed E-state index contributed by atoms with van der Waals surface area (Å²) in [7, 11) is 1.54. The molecule has 0 unspecified atom stereocenters. The molecule has 1 N–H and O–H groups in total. The quantitative estimate of drug-likeness (QED) is 0.417. The van der Waals surface area contributed by atoms with Gasteiger partial charge in [0.15, 0.2) is 0 Å². The number of amides is 1. The number of methoxy groups -OCH3 is 1. The molecule has 0 radical (unpaired) electrons. The molecule has 0 spiro atoms. The largest absolute Gasteiger partial charge is 0.496 e. The molecule has 0 aliphatic rings. The van der Waals surface area contributed by atoms with E-state index in [1.165, 1.54) is 7.11 Å². The maximum absolute atomic E-state index is 12.7. The molecule has 6 heteroatoms. The summed E-state index contributed by atoms with van der Waals surface area (Å²) in [4.78, 5) is 12.7. The third-order valence-electron chi connectivity index (χ3n) is 4.74. The van der Waals surface area contributed by atoms with Crippen LogP contribution in [0.15, 0.2) is 72.0 Å². The maximum Gasteiger partial charge on any atom is 0.275 e. The highest BCUT2D eigenvalue weighted by Crippen LogP contribution is 2.26. The Labute approximate surface area is 167 Å². The fraction of sp³-hybridized carbons (Fsp3) is 0.0870. The molecule has 4 aromatic rings. The standard InChI is InChI=1S/C23H18N4O2/c1-29-22-13-17-7-3-2-6-16(17)12-20(22)23(28)26-25-14-18-15-27(11-10-24)21-9-5-4-8-19(18)21/h2-9,12-15H,11H2,1H3,(H,26,28). The molecule has 0 aliphatic carbocycles. The predicted molar refractivity (Wildman–Crippen MR) is 113 cm³/mol. The van der Waals surface area contributed by atoms with Gasteiger partial charge in [0.25, 0.3) is 5.91 Å². The Morgan fingerprint density at radius 3 is 2.66 bits per heavy atom. The van der Waals surface area contributed by atoms with Crippen LogP contribution in [0.2, 0.25) is 0 Å². The van der Waals surface area contributed by atoms with E-state index in [9.17, 15) is 4.79 Å². The van der Waals surface area contributed by atoms with Gasteiger partial charge in [0, 0.05) is 22.7 Å². The number of hydrogen-bond acceptors (Lipinski definition) is 4. The molecule has 0 aliphatic heterocycles. The Bertz CT molecular complexity index is 1280. The van der Waals surface area contributed by atoms with Crippen molar-refractivity contribution in [2.24, 2.45) is 5.10 Å². The molecule has 0 fully saturated rings. The van der Waals surface area contributed by atoms with Crippen LogP contribution in [0.1, 0.15) is 15.9 Å². The molecule has 3 aromatic carbocycles. The zero-order valence-electron chi connectivity index (χ0n) is 15.8. The van der Waals surface area contributed by atoms with Gasteiger partial charge in [-0.05, 0) is 29.0 Å². The number of aromatic nitrogens is 1. The normalized spacial score (nSPS) is 11.0. The van der Waals surface area contributed by atoms with Gasteiger partial charge in [0.05, 0.1) is 25.0 Å². The van der Waals surface area contributed by atoms with Crippen LogP contribution in [-0.2, 0) is 6.54 Å². The zero-order valence-corrected chi connectivity index (χ0v) is 15.8. The number of nitrogens with one attached hydrogen (secondary N) is 1. The van der Waals surface area contributed by atoms with E-state index in [4.69, 9.17) is 10.00 Å². The summed E-state index contributed by atoms with van der Waals surface area (Å²) in [5.74, 6) is 0.131. The second-order valence-electron chi connectivity index (χ2n) is 6.49. The fourth-order valence-electron chi connectivity index (χ4n) is 3.37. The first-order valence-corrected chi connectivity index (χ1v) is 9.06. The van der Waals surface area contributed by atoms with Gasteiger partial charge < -0.3 is 9.30 Å². The lowest BCUT2D eigenvalue weighted by Crippen LogP contribution is -2.18. The van der Waals surface area contributed by atoms with E-state index in [1.807, 2.05) is 65.4 Å². The number of ether oxygens (including phenoxy) is 1. The number of benzene rings is 3. The summed E-state index contributed by atoms with van der Waals surface area (Å²) in [6, 6.07) is 21.3. The molecule has 0 atom stereocenters. The number of fused-ring (bicyclic) bond motifs is 2. The van der Waals surface area contributed by atoms with Crippen molar-refractivity contribution in [3.05, 3.63) is 78.0 Å². The lowest BCUT2D eigenvalue weighted by Gasteiger charge is -2.09. The Morgan fingerprint density at radius 1 is 1.17 bits per heavy atom. The molecule has 0 bridgehead atoms. The lowest BCUT2D eigenvalue weighted by molar-refractivity contribution is 0.0952. The van der Waals surface area contributed by atoms with Gasteiger partial charge in [-0.25, -0.2) is 5.43 Å². The van der Waals surface area contributed by atoms with Crippen LogP contribution >= 0.6 is 0 Å². The number of para-hydroxylation sites is 1. The molecule has 29 heavy (non-hydrogen) atoms. The van der Waals surface area contributed by atoms with E-state index in [-0.39, 0.29) is 12.5 Å². The van der Waals surface area contributed by atoms with Crippen molar-refractivity contribution in [3.8, 4) is 11.8 Å². The minimum Gasteiger partial charge on any atom is -0.496 e. The van der Waals surface area contributed by atoms with Crippen LogP contribution in [0.5, 0.6) is 5.75 Å². The summed E-state index contributed by atoms with van der Waals surface area (Å²) in [6.45, 7) is 0.245. The molecule has 142 valence electrons. The monoisotopic (exact) mass is 382 g/mol. The molecular formula is C23H18N4O2. The second-order valence-corrected chi connectivity index (χ2v) is 6.49. The van der Waals surface area contributed by atoms with Crippen LogP contribution in [0.3, 0.4) is 0 Å². The van der Waals surface area contributed by atoms with Gasteiger partial charge in [-0.1, -0.05) is 42.5 Å². The maximum atomic E-state index is 12.7. The first-order valence-electron chi connectivity index (χ1n) is 9.06. The highest BCUT2D eigenvalue weighted by molar-refractivity contribution is 6.03. The van der Waals surface area contributed by atoms with E-state index in [0.29, 0.717) is 11.3 Å². The fourth-order valence-corrected chi connectivity index (χ4v) is 3.37. The van der Waals surface area contributed by atoms with Gasteiger partial charge >= 0.3 is 0 Å². The van der Waals surface area contributed by atoms with Crippen molar-refractivity contribution in [2.45, 2.75) is 6.54 Å². The first-order chi connectivity index (χ1) is 14.2. The number of nitrogens with zero attached hydrogens (tertiary/aromatic N) is 3. The molecule has 0 saturated heterocycles. The molecular weight excluding hydrogens is 364 g/mol. The second kappa shape index (κ2) is 7.87. The van der Waals surface area contributed by atoms with Gasteiger partial charge in [-0.2, -0.15) is 10.4 Å². The summed E-state index contributed by atoms with van der Waals surface area (Å²) < 4.78 is 7.23. The third kappa shape index (κ3) is 3.54. The Balaban J connectivity index is 1.61. The van der Waals surface area contributed by atoms with Crippen molar-refractivity contribution in [2.75, 3.05) is 7.11 Å². The van der Waals surface area contributed by atoms with Crippen LogP contribution in [0, 0.1) is 11.3 Å². The minimum absolute atomic E-state index is 0.245. The first kappa shape index (κ1) is 18.3. The van der Waals surface area contributed by atoms with Crippen molar-refractivity contribution in [1.29, 1.82) is 5.26 Å². The summed E-state index contributed by atoms with van der Waals surface area (Å²) in [5, 5.41) is 16.0. The minimum atomic E-state index is -0.357. The Kier molecular flexibility index (Phi) is 4.95. The number of rotatable bonds is 5. The Hall–Kier alpha value is -4.11. The van der Waals surface area contributed by atoms with E-state index >= 15 is 0 Å². The van der Waals surface area contributed by atoms with Crippen LogP contribution in [-0.4, -0.2) is 23.8 Å². The van der Waals surface area contributed by atoms with Crippen molar-refractivity contribution < 1.29 is 9.53 Å². The highest BCUT2D eigenvalue weighted by atomic mass is 16.5. The topological polar surface area (TPSA) is 79.4 Å². The van der Waals surface area contributed by atoms with E-state index in [0.717, 1.165) is 27.2 Å². The van der Waals surface area contributed by atoms with Gasteiger partial charge in [-0.3, -0.25) is 4.79 Å². The smallest absolute Gasteiger partial charge is 0.275 e. The molecule has 6 nitrogen and oxygen atoms in total. The number of carbonyl (C=O) groups is 1. The highest BCUT2D eigenvalue weighted by Gasteiger charge is 2.13. The van der Waals surface area contributed by atoms with Gasteiger partial charge in [0.1, 0.15) is 12.3 Å². The molecule has 1 amide bonds. The molecule has 4 rings (SSSR count). The van der Waals surface area contributed by atoms with Crippen LogP contribution in [0.4, 0.5) is 0 Å². The molecule has 0 saturated carbocycles. The SMILES string of the molecule is COc1cc2ccccc2cc1C(=O)NN=Cc1cn(CC#N)c2ccccc12. The summed E-state index contributed by atoms with van der Waals surface area (Å²) in [5.41, 5.74) is 4.74. The Morgan fingerprint density at radius 2 is 1.90 bits per heavy atom. The van der Waals surface area contributed by atoms with E-state index < -0.39 is 0 Å². The molecule has 1 heterocycles. The van der Waals surface area contributed by atoms with E-state index in [2.05, 4.69) is 16.6 Å².